The minimum Gasteiger partial charge on any atom is -0.268 e. The van der Waals surface area contributed by atoms with E-state index >= 15 is 0 Å². The lowest BCUT2D eigenvalue weighted by atomic mass is 10.1. The second kappa shape index (κ2) is 5.90. The van der Waals surface area contributed by atoms with Crippen LogP contribution in [0.3, 0.4) is 0 Å². The van der Waals surface area contributed by atoms with E-state index in [0.717, 1.165) is 35.4 Å². The van der Waals surface area contributed by atoms with Gasteiger partial charge >= 0.3 is 0 Å². The fourth-order valence-corrected chi connectivity index (χ4v) is 2.12. The summed E-state index contributed by atoms with van der Waals surface area (Å²) in [6, 6.07) is 0. The van der Waals surface area contributed by atoms with Gasteiger partial charge in [-0.2, -0.15) is 5.10 Å². The van der Waals surface area contributed by atoms with Crippen molar-refractivity contribution in [2.24, 2.45) is 5.92 Å². The number of nitrogens with zero attached hydrogens (tertiary/aromatic N) is 2. The second-order valence-corrected chi connectivity index (χ2v) is 4.99. The summed E-state index contributed by atoms with van der Waals surface area (Å²) >= 11 is 9.72. The van der Waals surface area contributed by atoms with Gasteiger partial charge in [0.25, 0.3) is 0 Å². The van der Waals surface area contributed by atoms with Crippen LogP contribution >= 0.6 is 27.5 Å². The van der Waals surface area contributed by atoms with E-state index in [9.17, 15) is 0 Å². The number of alkyl halides is 1. The maximum absolute atomic E-state index is 6.22. The van der Waals surface area contributed by atoms with E-state index in [0.29, 0.717) is 5.92 Å². The third kappa shape index (κ3) is 3.22. The first-order chi connectivity index (χ1) is 7.10. The third-order valence-corrected chi connectivity index (χ3v) is 4.19. The summed E-state index contributed by atoms with van der Waals surface area (Å²) in [5, 5.41) is 6.30. The highest BCUT2D eigenvalue weighted by molar-refractivity contribution is 9.09. The number of aryl methyl sites for hydroxylation is 2. The van der Waals surface area contributed by atoms with Gasteiger partial charge in [-0.25, -0.2) is 0 Å². The monoisotopic (exact) mass is 292 g/mol. The summed E-state index contributed by atoms with van der Waals surface area (Å²) in [6.07, 6.45) is 2.16. The molecule has 0 aliphatic rings. The Bertz CT molecular complexity index is 323. The van der Waals surface area contributed by atoms with Crippen molar-refractivity contribution in [3.63, 3.8) is 0 Å². The van der Waals surface area contributed by atoms with Gasteiger partial charge in [0.15, 0.2) is 0 Å². The molecule has 1 unspecified atom stereocenters. The predicted molar refractivity (Wildman–Crippen MR) is 68.9 cm³/mol. The first-order valence-corrected chi connectivity index (χ1v) is 6.87. The minimum absolute atomic E-state index is 0.682. The van der Waals surface area contributed by atoms with Crippen molar-refractivity contribution in [3.05, 3.63) is 16.4 Å². The smallest absolute Gasteiger partial charge is 0.0847 e. The normalized spacial score (nSPS) is 13.1. The topological polar surface area (TPSA) is 17.8 Å². The van der Waals surface area contributed by atoms with Crippen LogP contribution in [0.1, 0.15) is 31.7 Å². The minimum atomic E-state index is 0.682. The lowest BCUT2D eigenvalue weighted by Gasteiger charge is -2.08. The Kier molecular flexibility index (Phi) is 5.13. The zero-order valence-electron chi connectivity index (χ0n) is 9.56. The molecule has 0 fully saturated rings. The maximum atomic E-state index is 6.22. The SMILES string of the molecule is CCn1nc(C)c(Cl)c1CCC(C)CBr. The molecule has 86 valence electrons. The second-order valence-electron chi connectivity index (χ2n) is 3.96. The molecule has 0 aromatic carbocycles. The molecule has 2 nitrogen and oxygen atoms in total. The van der Waals surface area contributed by atoms with Gasteiger partial charge in [-0.1, -0.05) is 34.5 Å². The van der Waals surface area contributed by atoms with Crippen LogP contribution in [-0.4, -0.2) is 15.1 Å². The molecule has 0 amide bonds. The molecule has 0 saturated carbocycles. The molecule has 0 spiro atoms. The zero-order valence-corrected chi connectivity index (χ0v) is 11.9. The number of hydrogen-bond acceptors (Lipinski definition) is 1. The summed E-state index contributed by atoms with van der Waals surface area (Å²) < 4.78 is 2.01. The highest BCUT2D eigenvalue weighted by Crippen LogP contribution is 2.23. The number of halogens is 2. The molecule has 0 saturated heterocycles. The summed E-state index contributed by atoms with van der Waals surface area (Å²) in [4.78, 5) is 0. The Morgan fingerprint density at radius 3 is 2.73 bits per heavy atom. The van der Waals surface area contributed by atoms with Crippen LogP contribution in [0.15, 0.2) is 0 Å². The van der Waals surface area contributed by atoms with Crippen LogP contribution in [0.5, 0.6) is 0 Å². The lowest BCUT2D eigenvalue weighted by Crippen LogP contribution is -2.06. The average molecular weight is 294 g/mol. The van der Waals surface area contributed by atoms with Crippen LogP contribution in [0.25, 0.3) is 0 Å². The van der Waals surface area contributed by atoms with Gasteiger partial charge in [0.2, 0.25) is 0 Å². The standard InChI is InChI=1S/C11H18BrClN2/c1-4-15-10(6-5-8(2)7-12)11(13)9(3)14-15/h8H,4-7H2,1-3H3. The quantitative estimate of drug-likeness (QED) is 0.755. The van der Waals surface area contributed by atoms with E-state index in [-0.39, 0.29) is 0 Å². The molecule has 0 aliphatic carbocycles. The molecule has 0 bridgehead atoms. The fourth-order valence-electron chi connectivity index (χ4n) is 1.57. The Hall–Kier alpha value is -0.0200. The number of rotatable bonds is 5. The molecule has 1 rings (SSSR count). The maximum Gasteiger partial charge on any atom is 0.0847 e. The van der Waals surface area contributed by atoms with E-state index in [1.165, 1.54) is 5.69 Å². The Morgan fingerprint density at radius 1 is 1.53 bits per heavy atom. The summed E-state index contributed by atoms with van der Waals surface area (Å²) in [7, 11) is 0. The molecular formula is C11H18BrClN2. The van der Waals surface area contributed by atoms with Gasteiger partial charge in [-0.3, -0.25) is 4.68 Å². The van der Waals surface area contributed by atoms with Crippen molar-refractivity contribution in [1.82, 2.24) is 9.78 Å². The molecular weight excluding hydrogens is 275 g/mol. The fraction of sp³-hybridized carbons (Fsp3) is 0.727. The molecule has 1 aromatic rings. The molecule has 15 heavy (non-hydrogen) atoms. The number of hydrogen-bond donors (Lipinski definition) is 0. The average Bonchev–Trinajstić information content (AvgIpc) is 2.52. The third-order valence-electron chi connectivity index (χ3n) is 2.59. The lowest BCUT2D eigenvalue weighted by molar-refractivity contribution is 0.554. The van der Waals surface area contributed by atoms with E-state index < -0.39 is 0 Å². The first-order valence-electron chi connectivity index (χ1n) is 5.37. The van der Waals surface area contributed by atoms with Crippen molar-refractivity contribution in [3.8, 4) is 0 Å². The van der Waals surface area contributed by atoms with Crippen molar-refractivity contribution in [2.75, 3.05) is 5.33 Å². The van der Waals surface area contributed by atoms with Gasteiger partial charge in [-0.15, -0.1) is 0 Å². The van der Waals surface area contributed by atoms with E-state index in [1.54, 1.807) is 0 Å². The number of aromatic nitrogens is 2. The van der Waals surface area contributed by atoms with Gasteiger partial charge in [0, 0.05) is 11.9 Å². The largest absolute Gasteiger partial charge is 0.268 e. The Morgan fingerprint density at radius 2 is 2.20 bits per heavy atom. The van der Waals surface area contributed by atoms with E-state index in [2.05, 4.69) is 34.9 Å². The zero-order chi connectivity index (χ0) is 11.4. The highest BCUT2D eigenvalue weighted by atomic mass is 79.9. The van der Waals surface area contributed by atoms with Gasteiger partial charge in [0.1, 0.15) is 0 Å². The molecule has 1 atom stereocenters. The molecule has 1 heterocycles. The van der Waals surface area contributed by atoms with Gasteiger partial charge in [0.05, 0.1) is 16.4 Å². The van der Waals surface area contributed by atoms with Crippen LogP contribution < -0.4 is 0 Å². The van der Waals surface area contributed by atoms with Gasteiger partial charge < -0.3 is 0 Å². The predicted octanol–water partition coefficient (Wildman–Crippen LogP) is 3.83. The Labute approximate surface area is 105 Å². The van der Waals surface area contributed by atoms with Crippen LogP contribution in [-0.2, 0) is 13.0 Å². The molecule has 1 aromatic heterocycles. The van der Waals surface area contributed by atoms with E-state index in [1.807, 2.05) is 11.6 Å². The van der Waals surface area contributed by atoms with Crippen molar-refractivity contribution in [1.29, 1.82) is 0 Å². The summed E-state index contributed by atoms with van der Waals surface area (Å²) in [5.41, 5.74) is 2.13. The first kappa shape index (κ1) is 13.0. The molecule has 0 radical (unpaired) electrons. The van der Waals surface area contributed by atoms with Crippen LogP contribution in [0, 0.1) is 12.8 Å². The molecule has 0 aliphatic heterocycles. The summed E-state index contributed by atoms with van der Waals surface area (Å²) in [6.45, 7) is 7.19. The molecule has 4 heteroatoms. The van der Waals surface area contributed by atoms with Crippen molar-refractivity contribution < 1.29 is 0 Å². The van der Waals surface area contributed by atoms with Crippen molar-refractivity contribution in [2.45, 2.75) is 40.2 Å². The highest BCUT2D eigenvalue weighted by Gasteiger charge is 2.13. The van der Waals surface area contributed by atoms with Gasteiger partial charge in [-0.05, 0) is 32.6 Å². The summed E-state index contributed by atoms with van der Waals surface area (Å²) in [5.74, 6) is 0.682. The van der Waals surface area contributed by atoms with Crippen LogP contribution in [0.4, 0.5) is 0 Å². The van der Waals surface area contributed by atoms with Crippen molar-refractivity contribution >= 4 is 27.5 Å². The Balaban J connectivity index is 2.74. The molecule has 0 N–H and O–H groups in total. The van der Waals surface area contributed by atoms with Crippen LogP contribution in [0.2, 0.25) is 5.02 Å². The van der Waals surface area contributed by atoms with E-state index in [4.69, 9.17) is 11.6 Å².